The predicted molar refractivity (Wildman–Crippen MR) is 121 cm³/mol. The molecule has 3 rings (SSSR count). The number of rotatable bonds is 9. The number of ether oxygens (including phenoxy) is 1. The minimum Gasteiger partial charge on any atom is -0.494 e. The highest BCUT2D eigenvalue weighted by Gasteiger charge is 2.21. The topological polar surface area (TPSA) is 79.5 Å². The van der Waals surface area contributed by atoms with Gasteiger partial charge in [-0.25, -0.2) is 0 Å². The molecule has 0 aromatic heterocycles. The molecule has 1 atom stereocenters. The Hall–Kier alpha value is -2.57. The molecule has 1 aliphatic rings. The van der Waals surface area contributed by atoms with Crippen molar-refractivity contribution in [2.45, 2.75) is 45.2 Å². The van der Waals surface area contributed by atoms with Crippen molar-refractivity contribution in [3.05, 3.63) is 59.7 Å². The predicted octanol–water partition coefficient (Wildman–Crippen LogP) is 3.58. The van der Waals surface area contributed by atoms with Gasteiger partial charge in [0.25, 0.3) is 0 Å². The number of benzene rings is 2. The van der Waals surface area contributed by atoms with Gasteiger partial charge in [0, 0.05) is 18.7 Å². The van der Waals surface area contributed by atoms with Crippen LogP contribution in [0.25, 0.3) is 0 Å². The van der Waals surface area contributed by atoms with Crippen LogP contribution in [0, 0.1) is 6.92 Å². The lowest BCUT2D eigenvalue weighted by Crippen LogP contribution is -2.39. The van der Waals surface area contributed by atoms with Gasteiger partial charge in [0.2, 0.25) is 11.8 Å². The summed E-state index contributed by atoms with van der Waals surface area (Å²) in [5, 5.41) is 9.03. The minimum absolute atomic E-state index is 0. The number of hydrogen-bond donors (Lipinski definition) is 3. The number of halogens is 1. The zero-order valence-electron chi connectivity index (χ0n) is 17.3. The van der Waals surface area contributed by atoms with Crippen LogP contribution in [0.1, 0.15) is 36.8 Å². The number of hydrogen-bond acceptors (Lipinski definition) is 4. The number of amides is 2. The Labute approximate surface area is 184 Å². The van der Waals surface area contributed by atoms with E-state index >= 15 is 0 Å². The van der Waals surface area contributed by atoms with E-state index in [1.54, 1.807) is 0 Å². The van der Waals surface area contributed by atoms with E-state index in [-0.39, 0.29) is 30.3 Å². The van der Waals surface area contributed by atoms with Crippen molar-refractivity contribution >= 4 is 29.9 Å². The Bertz CT molecular complexity index is 803. The molecule has 7 heteroatoms. The van der Waals surface area contributed by atoms with Crippen LogP contribution >= 0.6 is 12.4 Å². The molecule has 0 spiro atoms. The maximum Gasteiger partial charge on any atom is 0.237 e. The quantitative estimate of drug-likeness (QED) is 0.530. The summed E-state index contributed by atoms with van der Waals surface area (Å²) in [5.74, 6) is 0.834. The van der Waals surface area contributed by atoms with Crippen molar-refractivity contribution in [3.63, 3.8) is 0 Å². The van der Waals surface area contributed by atoms with Crippen LogP contribution < -0.4 is 20.7 Å². The lowest BCUT2D eigenvalue weighted by molar-refractivity contribution is -0.123. The van der Waals surface area contributed by atoms with Gasteiger partial charge in [-0.1, -0.05) is 29.8 Å². The second kappa shape index (κ2) is 12.2. The molecule has 0 aliphatic carbocycles. The summed E-state index contributed by atoms with van der Waals surface area (Å²) in [4.78, 5) is 24.1. The molecule has 30 heavy (non-hydrogen) atoms. The molecule has 1 unspecified atom stereocenters. The van der Waals surface area contributed by atoms with E-state index in [1.807, 2.05) is 55.5 Å². The zero-order chi connectivity index (χ0) is 20.5. The van der Waals surface area contributed by atoms with Crippen molar-refractivity contribution in [2.75, 3.05) is 18.5 Å². The summed E-state index contributed by atoms with van der Waals surface area (Å²) in [5.41, 5.74) is 2.94. The highest BCUT2D eigenvalue weighted by Crippen LogP contribution is 2.13. The molecule has 0 saturated carbocycles. The molecular weight excluding hydrogens is 402 g/mol. The maximum atomic E-state index is 12.1. The molecule has 1 fully saturated rings. The molecular formula is C23H30ClN3O3. The largest absolute Gasteiger partial charge is 0.494 e. The van der Waals surface area contributed by atoms with Gasteiger partial charge in [0.15, 0.2) is 0 Å². The second-order valence-corrected chi connectivity index (χ2v) is 7.38. The fraction of sp³-hybridized carbons (Fsp3) is 0.391. The van der Waals surface area contributed by atoms with Crippen LogP contribution in [0.3, 0.4) is 0 Å². The van der Waals surface area contributed by atoms with Crippen LogP contribution in [0.15, 0.2) is 48.5 Å². The van der Waals surface area contributed by atoms with E-state index in [1.165, 1.54) is 5.56 Å². The first-order valence-electron chi connectivity index (χ1n) is 10.2. The van der Waals surface area contributed by atoms with Crippen LogP contribution in [0.4, 0.5) is 5.69 Å². The van der Waals surface area contributed by atoms with Crippen molar-refractivity contribution in [1.82, 2.24) is 10.6 Å². The number of carbonyl (C=O) groups excluding carboxylic acids is 2. The Balaban J connectivity index is 0.00000320. The van der Waals surface area contributed by atoms with Crippen LogP contribution in [0.2, 0.25) is 0 Å². The van der Waals surface area contributed by atoms with Crippen molar-refractivity contribution in [1.29, 1.82) is 0 Å². The number of anilines is 1. The van der Waals surface area contributed by atoms with Gasteiger partial charge in [0.05, 0.1) is 12.6 Å². The van der Waals surface area contributed by atoms with Gasteiger partial charge < -0.3 is 20.7 Å². The summed E-state index contributed by atoms with van der Waals surface area (Å²) in [7, 11) is 0. The highest BCUT2D eigenvalue weighted by atomic mass is 35.5. The Morgan fingerprint density at radius 3 is 2.50 bits per heavy atom. The van der Waals surface area contributed by atoms with Gasteiger partial charge in [-0.2, -0.15) is 0 Å². The SMILES string of the molecule is Cc1ccc(OCCCC(=O)Nc2ccc(CNC(=O)C3CCCN3)cc2)cc1.Cl. The first-order chi connectivity index (χ1) is 14.1. The van der Waals surface area contributed by atoms with Crippen LogP contribution in [-0.2, 0) is 16.1 Å². The molecule has 2 aromatic carbocycles. The van der Waals surface area contributed by atoms with Crippen molar-refractivity contribution in [3.8, 4) is 5.75 Å². The Morgan fingerprint density at radius 2 is 1.83 bits per heavy atom. The lowest BCUT2D eigenvalue weighted by Gasteiger charge is -2.11. The average molecular weight is 432 g/mol. The molecule has 0 radical (unpaired) electrons. The van der Waals surface area contributed by atoms with Crippen molar-refractivity contribution in [2.24, 2.45) is 0 Å². The van der Waals surface area contributed by atoms with Gasteiger partial charge in [-0.05, 0) is 62.6 Å². The number of nitrogens with one attached hydrogen (secondary N) is 3. The summed E-state index contributed by atoms with van der Waals surface area (Å²) in [6, 6.07) is 15.4. The van der Waals surface area contributed by atoms with Gasteiger partial charge in [0.1, 0.15) is 5.75 Å². The molecule has 2 amide bonds. The second-order valence-electron chi connectivity index (χ2n) is 7.38. The van der Waals surface area contributed by atoms with Crippen LogP contribution in [0.5, 0.6) is 5.75 Å². The summed E-state index contributed by atoms with van der Waals surface area (Å²) < 4.78 is 5.64. The van der Waals surface area contributed by atoms with E-state index in [0.29, 0.717) is 26.0 Å². The first-order valence-corrected chi connectivity index (χ1v) is 10.2. The maximum absolute atomic E-state index is 12.1. The summed E-state index contributed by atoms with van der Waals surface area (Å²) >= 11 is 0. The lowest BCUT2D eigenvalue weighted by atomic mass is 10.1. The third-order valence-electron chi connectivity index (χ3n) is 4.92. The first kappa shape index (κ1) is 23.7. The van der Waals surface area contributed by atoms with E-state index in [4.69, 9.17) is 4.74 Å². The van der Waals surface area contributed by atoms with Gasteiger partial charge in [-0.15, -0.1) is 12.4 Å². The fourth-order valence-electron chi connectivity index (χ4n) is 3.21. The Morgan fingerprint density at radius 1 is 1.10 bits per heavy atom. The Kier molecular flexibility index (Phi) is 9.64. The van der Waals surface area contributed by atoms with Crippen molar-refractivity contribution < 1.29 is 14.3 Å². The molecule has 3 N–H and O–H groups in total. The monoisotopic (exact) mass is 431 g/mol. The molecule has 1 heterocycles. The third-order valence-corrected chi connectivity index (χ3v) is 4.92. The smallest absolute Gasteiger partial charge is 0.237 e. The van der Waals surface area contributed by atoms with E-state index < -0.39 is 0 Å². The normalized spacial score (nSPS) is 15.2. The highest BCUT2D eigenvalue weighted by molar-refractivity contribution is 5.90. The van der Waals surface area contributed by atoms with Gasteiger partial charge in [-0.3, -0.25) is 9.59 Å². The molecule has 1 aliphatic heterocycles. The number of aryl methyl sites for hydroxylation is 1. The summed E-state index contributed by atoms with van der Waals surface area (Å²) in [6.45, 7) is 3.93. The molecule has 0 bridgehead atoms. The van der Waals surface area contributed by atoms with E-state index in [0.717, 1.165) is 36.4 Å². The van der Waals surface area contributed by atoms with E-state index in [2.05, 4.69) is 16.0 Å². The number of carbonyl (C=O) groups is 2. The average Bonchev–Trinajstić information content (AvgIpc) is 3.27. The molecule has 6 nitrogen and oxygen atoms in total. The zero-order valence-corrected chi connectivity index (χ0v) is 18.1. The minimum atomic E-state index is -0.0662. The third kappa shape index (κ3) is 7.69. The van der Waals surface area contributed by atoms with Gasteiger partial charge >= 0.3 is 0 Å². The molecule has 1 saturated heterocycles. The standard InChI is InChI=1S/C23H29N3O3.ClH/c1-17-6-12-20(13-7-17)29-15-3-5-22(27)26-19-10-8-18(9-11-19)16-25-23(28)21-4-2-14-24-21;/h6-13,21,24H,2-5,14-16H2,1H3,(H,25,28)(H,26,27);1H. The molecule has 162 valence electrons. The molecule has 2 aromatic rings. The van der Waals surface area contributed by atoms with E-state index in [9.17, 15) is 9.59 Å². The fourth-order valence-corrected chi connectivity index (χ4v) is 3.21. The van der Waals surface area contributed by atoms with Crippen LogP contribution in [-0.4, -0.2) is 31.0 Å². The summed E-state index contributed by atoms with van der Waals surface area (Å²) in [6.07, 6.45) is 2.99.